The molecular formula is C47H31N3O. The number of aliphatic imine (C=N–C) groups is 2. The minimum absolute atomic E-state index is 0.443. The molecule has 0 saturated heterocycles. The predicted molar refractivity (Wildman–Crippen MR) is 211 cm³/mol. The Hall–Kier alpha value is -6.78. The molecule has 0 bridgehead atoms. The van der Waals surface area contributed by atoms with Gasteiger partial charge < -0.3 is 9.73 Å². The molecule has 0 fully saturated rings. The van der Waals surface area contributed by atoms with Gasteiger partial charge in [-0.3, -0.25) is 0 Å². The van der Waals surface area contributed by atoms with Crippen LogP contribution in [0.1, 0.15) is 22.9 Å². The molecule has 1 aromatic heterocycles. The molecule has 8 aromatic carbocycles. The Bertz CT molecular complexity index is 2830. The summed E-state index contributed by atoms with van der Waals surface area (Å²) in [7, 11) is 0. The van der Waals surface area contributed by atoms with Crippen molar-refractivity contribution < 1.29 is 4.42 Å². The lowest BCUT2D eigenvalue weighted by Gasteiger charge is -2.23. The summed E-state index contributed by atoms with van der Waals surface area (Å²) >= 11 is 0. The zero-order valence-electron chi connectivity index (χ0n) is 27.6. The van der Waals surface area contributed by atoms with Crippen LogP contribution in [0.4, 0.5) is 0 Å². The van der Waals surface area contributed by atoms with Crippen LogP contribution in [0.2, 0.25) is 0 Å². The molecule has 10 rings (SSSR count). The fourth-order valence-corrected chi connectivity index (χ4v) is 7.33. The third-order valence-electron chi connectivity index (χ3n) is 9.92. The smallest absolute Gasteiger partial charge is 0.169 e. The van der Waals surface area contributed by atoms with Gasteiger partial charge in [-0.1, -0.05) is 158 Å². The number of nitrogens with zero attached hydrogens (tertiary/aromatic N) is 2. The molecule has 9 aromatic rings. The minimum atomic E-state index is -0.443. The van der Waals surface area contributed by atoms with Crippen molar-refractivity contribution in [3.05, 3.63) is 193 Å². The summed E-state index contributed by atoms with van der Waals surface area (Å²) in [6.45, 7) is 0. The van der Waals surface area contributed by atoms with Crippen LogP contribution in [0.5, 0.6) is 0 Å². The molecule has 0 amide bonds. The number of benzene rings is 8. The molecule has 240 valence electrons. The summed E-state index contributed by atoms with van der Waals surface area (Å²) in [5.41, 5.74) is 9.22. The lowest BCUT2D eigenvalue weighted by Crippen LogP contribution is -2.36. The van der Waals surface area contributed by atoms with Gasteiger partial charge in [0, 0.05) is 27.5 Å². The molecule has 1 unspecified atom stereocenters. The van der Waals surface area contributed by atoms with Crippen LogP contribution in [0.25, 0.3) is 65.7 Å². The van der Waals surface area contributed by atoms with Crippen LogP contribution in [-0.2, 0) is 0 Å². The maximum atomic E-state index is 6.61. The number of furan rings is 1. The van der Waals surface area contributed by atoms with Crippen LogP contribution in [-0.4, -0.2) is 11.7 Å². The van der Waals surface area contributed by atoms with Crippen molar-refractivity contribution in [3.8, 4) is 22.3 Å². The second-order valence-corrected chi connectivity index (χ2v) is 13.0. The van der Waals surface area contributed by atoms with Crippen molar-refractivity contribution in [2.45, 2.75) is 6.17 Å². The number of hydrogen-bond donors (Lipinski definition) is 1. The molecule has 0 aliphatic carbocycles. The van der Waals surface area contributed by atoms with Crippen molar-refractivity contribution >= 4 is 55.2 Å². The zero-order valence-corrected chi connectivity index (χ0v) is 27.6. The highest BCUT2D eigenvalue weighted by Gasteiger charge is 2.24. The average Bonchev–Trinajstić information content (AvgIpc) is 3.60. The highest BCUT2D eigenvalue weighted by atomic mass is 16.3. The molecule has 51 heavy (non-hydrogen) atoms. The van der Waals surface area contributed by atoms with E-state index in [9.17, 15) is 0 Å². The number of nitrogens with one attached hydrogen (secondary N) is 1. The molecular weight excluding hydrogens is 623 g/mol. The largest absolute Gasteiger partial charge is 0.455 e. The first kappa shape index (κ1) is 29.2. The predicted octanol–water partition coefficient (Wildman–Crippen LogP) is 11.7. The van der Waals surface area contributed by atoms with E-state index in [1.807, 2.05) is 18.2 Å². The van der Waals surface area contributed by atoms with E-state index in [4.69, 9.17) is 14.4 Å². The van der Waals surface area contributed by atoms with E-state index in [0.717, 1.165) is 72.4 Å². The van der Waals surface area contributed by atoms with Crippen LogP contribution in [0.15, 0.2) is 190 Å². The summed E-state index contributed by atoms with van der Waals surface area (Å²) in [4.78, 5) is 10.5. The Balaban J connectivity index is 1.10. The van der Waals surface area contributed by atoms with E-state index in [2.05, 4.69) is 163 Å². The number of amidine groups is 2. The Morgan fingerprint density at radius 2 is 1.04 bits per heavy atom. The Kier molecular flexibility index (Phi) is 6.85. The molecule has 1 aliphatic rings. The average molecular weight is 654 g/mol. The van der Waals surface area contributed by atoms with Gasteiger partial charge in [0.15, 0.2) is 6.17 Å². The third kappa shape index (κ3) is 5.17. The van der Waals surface area contributed by atoms with Gasteiger partial charge in [0.25, 0.3) is 0 Å². The fraction of sp³-hybridized carbons (Fsp3) is 0.0213. The molecule has 0 spiro atoms. The maximum absolute atomic E-state index is 6.61. The lowest BCUT2D eigenvalue weighted by atomic mass is 9.99. The summed E-state index contributed by atoms with van der Waals surface area (Å²) in [5.74, 6) is 1.54. The highest BCUT2D eigenvalue weighted by Crippen LogP contribution is 2.38. The summed E-state index contributed by atoms with van der Waals surface area (Å²) in [6, 6.07) is 61.7. The van der Waals surface area contributed by atoms with E-state index in [-0.39, 0.29) is 0 Å². The molecule has 4 heteroatoms. The third-order valence-corrected chi connectivity index (χ3v) is 9.92. The Labute approximate surface area is 295 Å². The van der Waals surface area contributed by atoms with Crippen LogP contribution in [0, 0.1) is 0 Å². The quantitative estimate of drug-likeness (QED) is 0.201. The number of rotatable bonds is 5. The van der Waals surface area contributed by atoms with Crippen molar-refractivity contribution in [2.75, 3.05) is 0 Å². The topological polar surface area (TPSA) is 49.9 Å². The summed E-state index contributed by atoms with van der Waals surface area (Å²) < 4.78 is 6.61. The van der Waals surface area contributed by atoms with Gasteiger partial charge in [0.1, 0.15) is 22.8 Å². The zero-order chi connectivity index (χ0) is 33.7. The lowest BCUT2D eigenvalue weighted by molar-refractivity contribution is 0.670. The first-order valence-corrected chi connectivity index (χ1v) is 17.3. The van der Waals surface area contributed by atoms with E-state index in [1.54, 1.807) is 0 Å². The Morgan fingerprint density at radius 1 is 0.431 bits per heavy atom. The van der Waals surface area contributed by atoms with E-state index < -0.39 is 6.17 Å². The second-order valence-electron chi connectivity index (χ2n) is 13.0. The van der Waals surface area contributed by atoms with Gasteiger partial charge >= 0.3 is 0 Å². The molecule has 4 nitrogen and oxygen atoms in total. The summed E-state index contributed by atoms with van der Waals surface area (Å²) in [5, 5.41) is 10.6. The highest BCUT2D eigenvalue weighted by molar-refractivity contribution is 6.24. The standard InChI is InChI=1S/C47H31N3O/c1-2-12-33(13-3-1)39-16-8-17-40-43-41(18-9-19-42(43)51-44(39)40)47-49-45(48-46(50-47)38-27-23-31-11-5-7-15-36(31)29-38)34-24-20-32(21-25-34)37-26-22-30-10-4-6-14-35(30)28-37/h1-29,45H,(H,48,49,50). The van der Waals surface area contributed by atoms with Gasteiger partial charge in [0.2, 0.25) is 0 Å². The molecule has 1 atom stereocenters. The normalized spacial score (nSPS) is 14.5. The minimum Gasteiger partial charge on any atom is -0.455 e. The molecule has 2 heterocycles. The fourth-order valence-electron chi connectivity index (χ4n) is 7.33. The van der Waals surface area contributed by atoms with E-state index in [0.29, 0.717) is 0 Å². The van der Waals surface area contributed by atoms with Gasteiger partial charge in [-0.2, -0.15) is 0 Å². The van der Waals surface area contributed by atoms with Crippen molar-refractivity contribution in [2.24, 2.45) is 9.98 Å². The molecule has 0 saturated carbocycles. The van der Waals surface area contributed by atoms with Crippen molar-refractivity contribution in [3.63, 3.8) is 0 Å². The van der Waals surface area contributed by atoms with Gasteiger partial charge in [-0.15, -0.1) is 0 Å². The first-order chi connectivity index (χ1) is 25.2. The molecule has 1 N–H and O–H groups in total. The first-order valence-electron chi connectivity index (χ1n) is 17.3. The Morgan fingerprint density at radius 3 is 1.80 bits per heavy atom. The molecule has 1 aliphatic heterocycles. The van der Waals surface area contributed by atoms with E-state index >= 15 is 0 Å². The van der Waals surface area contributed by atoms with Crippen molar-refractivity contribution in [1.82, 2.24) is 5.32 Å². The van der Waals surface area contributed by atoms with Crippen LogP contribution in [0.3, 0.4) is 0 Å². The second kappa shape index (κ2) is 12.0. The summed E-state index contributed by atoms with van der Waals surface area (Å²) in [6.07, 6.45) is -0.443. The van der Waals surface area contributed by atoms with Crippen molar-refractivity contribution in [1.29, 1.82) is 0 Å². The van der Waals surface area contributed by atoms with Gasteiger partial charge in [0.05, 0.1) is 0 Å². The van der Waals surface area contributed by atoms with E-state index in [1.165, 1.54) is 21.7 Å². The molecule has 0 radical (unpaired) electrons. The maximum Gasteiger partial charge on any atom is 0.169 e. The SMILES string of the molecule is c1ccc(-c2cccc3c2oc2cccc(C4=NC(c5ccc(-c6ccc7ccccc7c6)cc5)N=C(c5ccc6ccccc6c5)N4)c23)cc1. The number of hydrogen-bond acceptors (Lipinski definition) is 4. The van der Waals surface area contributed by atoms with Crippen LogP contribution >= 0.6 is 0 Å². The van der Waals surface area contributed by atoms with Crippen LogP contribution < -0.4 is 5.32 Å². The number of fused-ring (bicyclic) bond motifs is 5. The number of para-hydroxylation sites is 1. The monoisotopic (exact) mass is 653 g/mol. The van der Waals surface area contributed by atoms with Gasteiger partial charge in [-0.05, 0) is 62.0 Å². The van der Waals surface area contributed by atoms with Gasteiger partial charge in [-0.25, -0.2) is 9.98 Å².